The predicted octanol–water partition coefficient (Wildman–Crippen LogP) is 4.12. The third kappa shape index (κ3) is 3.03. The molecule has 7 heteroatoms. The van der Waals surface area contributed by atoms with Gasteiger partial charge in [0.05, 0.1) is 10.0 Å². The average molecular weight is 318 g/mol. The highest BCUT2D eigenvalue weighted by Gasteiger charge is 2.13. The first-order valence-electron chi connectivity index (χ1n) is 5.54. The molecule has 0 spiro atoms. The van der Waals surface area contributed by atoms with Gasteiger partial charge in [0.15, 0.2) is 0 Å². The summed E-state index contributed by atoms with van der Waals surface area (Å²) in [5.74, 6) is 0.777. The molecule has 1 aromatic carbocycles. The largest absolute Gasteiger partial charge is 0.383 e. The summed E-state index contributed by atoms with van der Waals surface area (Å²) in [5.41, 5.74) is 7.12. The van der Waals surface area contributed by atoms with Crippen LogP contribution in [0.4, 0.5) is 11.8 Å². The molecule has 0 aliphatic heterocycles. The summed E-state index contributed by atoms with van der Waals surface area (Å²) in [6.07, 6.45) is 1.59. The van der Waals surface area contributed by atoms with Crippen LogP contribution in [-0.2, 0) is 0 Å². The number of halogens is 3. The molecule has 100 valence electrons. The van der Waals surface area contributed by atoms with Crippen molar-refractivity contribution in [1.29, 1.82) is 0 Å². The first-order chi connectivity index (χ1) is 9.02. The van der Waals surface area contributed by atoms with Crippen molar-refractivity contribution < 1.29 is 0 Å². The number of nitrogens with zero attached hydrogens (tertiary/aromatic N) is 2. The van der Waals surface area contributed by atoms with Crippen LogP contribution in [0.3, 0.4) is 0 Å². The molecule has 3 N–H and O–H groups in total. The number of nitrogen functional groups attached to an aromatic ring is 1. The van der Waals surface area contributed by atoms with E-state index in [1.54, 1.807) is 18.3 Å². The number of nitrogens with two attached hydrogens (primary N) is 1. The van der Waals surface area contributed by atoms with Crippen molar-refractivity contribution in [2.45, 2.75) is 6.92 Å². The molecule has 0 saturated carbocycles. The smallest absolute Gasteiger partial charge is 0.224 e. The van der Waals surface area contributed by atoms with Gasteiger partial charge in [0.1, 0.15) is 5.82 Å². The normalized spacial score (nSPS) is 10.5. The van der Waals surface area contributed by atoms with E-state index in [0.717, 1.165) is 0 Å². The second-order valence-electron chi connectivity index (χ2n) is 3.77. The third-order valence-corrected chi connectivity index (χ3v) is 3.46. The fraction of sp³-hybridized carbons (Fsp3) is 0.167. The highest BCUT2D eigenvalue weighted by atomic mass is 35.5. The van der Waals surface area contributed by atoms with Crippen molar-refractivity contribution in [3.63, 3.8) is 0 Å². The molecule has 0 atom stereocenters. The maximum absolute atomic E-state index is 6.16. The molecule has 2 rings (SSSR count). The molecule has 1 aromatic heterocycles. The quantitative estimate of drug-likeness (QED) is 0.836. The highest BCUT2D eigenvalue weighted by Crippen LogP contribution is 2.38. The monoisotopic (exact) mass is 316 g/mol. The lowest BCUT2D eigenvalue weighted by Crippen LogP contribution is -2.05. The standard InChI is InChI=1S/C12H11Cl3N4/c1-2-17-12-18-5-8(11(16)19-12)7-3-6(13)4-9(14)10(7)15/h3-5H,2H2,1H3,(H3,16,17,18,19). The van der Waals surface area contributed by atoms with Crippen molar-refractivity contribution in [3.8, 4) is 11.1 Å². The summed E-state index contributed by atoms with van der Waals surface area (Å²) in [4.78, 5) is 8.31. The third-order valence-electron chi connectivity index (χ3n) is 2.44. The molecule has 2 aromatic rings. The van der Waals surface area contributed by atoms with Crippen molar-refractivity contribution in [3.05, 3.63) is 33.4 Å². The van der Waals surface area contributed by atoms with Gasteiger partial charge in [0, 0.05) is 28.9 Å². The van der Waals surface area contributed by atoms with Crippen LogP contribution in [0, 0.1) is 0 Å². The van der Waals surface area contributed by atoms with Gasteiger partial charge in [-0.25, -0.2) is 4.98 Å². The minimum atomic E-state index is 0.311. The maximum atomic E-state index is 6.16. The van der Waals surface area contributed by atoms with Crippen LogP contribution in [0.1, 0.15) is 6.92 Å². The van der Waals surface area contributed by atoms with E-state index >= 15 is 0 Å². The van der Waals surface area contributed by atoms with E-state index in [1.807, 2.05) is 6.92 Å². The van der Waals surface area contributed by atoms with E-state index in [-0.39, 0.29) is 0 Å². The molecular formula is C12H11Cl3N4. The van der Waals surface area contributed by atoms with Crippen molar-refractivity contribution in [2.75, 3.05) is 17.6 Å². The van der Waals surface area contributed by atoms with Gasteiger partial charge in [0.25, 0.3) is 0 Å². The molecule has 0 unspecified atom stereocenters. The van der Waals surface area contributed by atoms with Crippen LogP contribution in [0.5, 0.6) is 0 Å². The molecule has 1 heterocycles. The van der Waals surface area contributed by atoms with E-state index in [0.29, 0.717) is 44.5 Å². The van der Waals surface area contributed by atoms with Gasteiger partial charge in [-0.15, -0.1) is 0 Å². The highest BCUT2D eigenvalue weighted by molar-refractivity contribution is 6.45. The van der Waals surface area contributed by atoms with E-state index in [1.165, 1.54) is 0 Å². The molecule has 4 nitrogen and oxygen atoms in total. The van der Waals surface area contributed by atoms with E-state index in [2.05, 4.69) is 15.3 Å². The predicted molar refractivity (Wildman–Crippen MR) is 81.1 cm³/mol. The molecule has 0 saturated heterocycles. The Balaban J connectivity index is 2.53. The van der Waals surface area contributed by atoms with Crippen LogP contribution >= 0.6 is 34.8 Å². The molecular weight excluding hydrogens is 307 g/mol. The molecule has 0 bridgehead atoms. The minimum absolute atomic E-state index is 0.311. The van der Waals surface area contributed by atoms with Crippen molar-refractivity contribution in [2.24, 2.45) is 0 Å². The summed E-state index contributed by atoms with van der Waals surface area (Å²) in [5, 5.41) is 4.18. The topological polar surface area (TPSA) is 63.8 Å². The maximum Gasteiger partial charge on any atom is 0.224 e. The second kappa shape index (κ2) is 5.82. The lowest BCUT2D eigenvalue weighted by Gasteiger charge is -2.10. The zero-order valence-electron chi connectivity index (χ0n) is 10.0. The summed E-state index contributed by atoms with van der Waals surface area (Å²) >= 11 is 18.1. The Morgan fingerprint density at radius 2 is 1.95 bits per heavy atom. The fourth-order valence-corrected chi connectivity index (χ4v) is 2.30. The van der Waals surface area contributed by atoms with Gasteiger partial charge in [-0.3, -0.25) is 0 Å². The van der Waals surface area contributed by atoms with Gasteiger partial charge in [0.2, 0.25) is 5.95 Å². The Bertz CT molecular complexity index is 616. The number of nitrogens with one attached hydrogen (secondary N) is 1. The number of benzene rings is 1. The van der Waals surface area contributed by atoms with E-state index < -0.39 is 0 Å². The van der Waals surface area contributed by atoms with Gasteiger partial charge in [-0.1, -0.05) is 34.8 Å². The summed E-state index contributed by atoms with van der Waals surface area (Å²) < 4.78 is 0. The van der Waals surface area contributed by atoms with Crippen LogP contribution in [0.2, 0.25) is 15.1 Å². The Hall–Kier alpha value is -1.23. The van der Waals surface area contributed by atoms with Gasteiger partial charge in [-0.2, -0.15) is 4.98 Å². The number of hydrogen-bond donors (Lipinski definition) is 2. The second-order valence-corrected chi connectivity index (χ2v) is 4.99. The first kappa shape index (κ1) is 14.2. The first-order valence-corrected chi connectivity index (χ1v) is 6.67. The van der Waals surface area contributed by atoms with Crippen LogP contribution in [0.15, 0.2) is 18.3 Å². The summed E-state index contributed by atoms with van der Waals surface area (Å²) in [6, 6.07) is 3.25. The Morgan fingerprint density at radius 3 is 2.58 bits per heavy atom. The summed E-state index contributed by atoms with van der Waals surface area (Å²) in [7, 11) is 0. The van der Waals surface area contributed by atoms with Crippen molar-refractivity contribution >= 4 is 46.6 Å². The van der Waals surface area contributed by atoms with Crippen molar-refractivity contribution in [1.82, 2.24) is 9.97 Å². The molecule has 0 amide bonds. The Kier molecular flexibility index (Phi) is 4.34. The minimum Gasteiger partial charge on any atom is -0.383 e. The molecule has 0 fully saturated rings. The molecule has 0 radical (unpaired) electrons. The fourth-order valence-electron chi connectivity index (χ4n) is 1.60. The molecule has 0 aliphatic carbocycles. The number of aromatic nitrogens is 2. The summed E-state index contributed by atoms with van der Waals surface area (Å²) in [6.45, 7) is 2.66. The Morgan fingerprint density at radius 1 is 1.21 bits per heavy atom. The van der Waals surface area contributed by atoms with Gasteiger partial charge in [-0.05, 0) is 19.1 Å². The number of hydrogen-bond acceptors (Lipinski definition) is 4. The average Bonchev–Trinajstić information content (AvgIpc) is 2.35. The number of anilines is 2. The van der Waals surface area contributed by atoms with E-state index in [9.17, 15) is 0 Å². The van der Waals surface area contributed by atoms with Gasteiger partial charge < -0.3 is 11.1 Å². The SMILES string of the molecule is CCNc1ncc(-c2cc(Cl)cc(Cl)c2Cl)c(N)n1. The number of rotatable bonds is 3. The zero-order valence-corrected chi connectivity index (χ0v) is 12.3. The zero-order chi connectivity index (χ0) is 14.0. The Labute approximate surface area is 125 Å². The van der Waals surface area contributed by atoms with Crippen LogP contribution in [-0.4, -0.2) is 16.5 Å². The van der Waals surface area contributed by atoms with Crippen LogP contribution in [0.25, 0.3) is 11.1 Å². The molecule has 19 heavy (non-hydrogen) atoms. The van der Waals surface area contributed by atoms with Crippen LogP contribution < -0.4 is 11.1 Å². The van der Waals surface area contributed by atoms with E-state index in [4.69, 9.17) is 40.5 Å². The van der Waals surface area contributed by atoms with Gasteiger partial charge >= 0.3 is 0 Å². The lowest BCUT2D eigenvalue weighted by molar-refractivity contribution is 1.09. The molecule has 0 aliphatic rings. The lowest BCUT2D eigenvalue weighted by atomic mass is 10.1.